The molecular weight excluding hydrogens is 352 g/mol. The Labute approximate surface area is 115 Å². The summed E-state index contributed by atoms with van der Waals surface area (Å²) in [6, 6.07) is 0. The van der Waals surface area contributed by atoms with Gasteiger partial charge < -0.3 is 9.47 Å². The molecule has 0 unspecified atom stereocenters. The summed E-state index contributed by atoms with van der Waals surface area (Å²) >= 11 is 7.12. The van der Waals surface area contributed by atoms with E-state index in [4.69, 9.17) is 9.47 Å². The van der Waals surface area contributed by atoms with Crippen molar-refractivity contribution in [3.63, 3.8) is 0 Å². The highest BCUT2D eigenvalue weighted by molar-refractivity contribution is 9.12. The predicted molar refractivity (Wildman–Crippen MR) is 67.9 cm³/mol. The molecule has 1 saturated heterocycles. The lowest BCUT2D eigenvalue weighted by Gasteiger charge is -2.35. The number of hydrogen-bond donors (Lipinski definition) is 0. The van der Waals surface area contributed by atoms with E-state index in [1.54, 1.807) is 0 Å². The van der Waals surface area contributed by atoms with Crippen molar-refractivity contribution in [3.8, 4) is 0 Å². The van der Waals surface area contributed by atoms with Crippen LogP contribution in [0.4, 0.5) is 0 Å². The van der Waals surface area contributed by atoms with Crippen molar-refractivity contribution >= 4 is 37.6 Å². The molecule has 2 fully saturated rings. The molecule has 4 atom stereocenters. The summed E-state index contributed by atoms with van der Waals surface area (Å²) in [4.78, 5) is 12.2. The van der Waals surface area contributed by atoms with E-state index in [9.17, 15) is 4.79 Å². The average Bonchev–Trinajstić information content (AvgIpc) is 2.99. The Balaban J connectivity index is 1.89. The fraction of sp³-hybridized carbons (Fsp3) is 0.583. The van der Waals surface area contributed by atoms with E-state index in [1.807, 2.05) is 6.08 Å². The van der Waals surface area contributed by atoms with E-state index in [0.717, 1.165) is 0 Å². The van der Waals surface area contributed by atoms with Gasteiger partial charge in [0.2, 0.25) is 0 Å². The number of ether oxygens (including phenoxy) is 2. The Bertz CT molecular complexity index is 478. The quantitative estimate of drug-likeness (QED) is 0.490. The minimum Gasteiger partial charge on any atom is -0.345 e. The lowest BCUT2D eigenvalue weighted by Crippen LogP contribution is -2.48. The van der Waals surface area contributed by atoms with Crippen LogP contribution in [-0.4, -0.2) is 29.1 Å². The molecule has 5 heteroatoms. The molecule has 2 bridgehead atoms. The third kappa shape index (κ3) is 1.01. The molecule has 1 spiro atoms. The van der Waals surface area contributed by atoms with Gasteiger partial charge in [-0.3, -0.25) is 4.79 Å². The molecule has 4 aliphatic rings. The summed E-state index contributed by atoms with van der Waals surface area (Å²) in [7, 11) is 0. The molecule has 4 rings (SSSR count). The van der Waals surface area contributed by atoms with Gasteiger partial charge in [-0.15, -0.1) is 0 Å². The topological polar surface area (TPSA) is 35.5 Å². The molecule has 0 amide bonds. The average molecular weight is 362 g/mol. The van der Waals surface area contributed by atoms with Crippen LogP contribution >= 0.6 is 31.9 Å². The lowest BCUT2D eigenvalue weighted by molar-refractivity contribution is -0.177. The monoisotopic (exact) mass is 360 g/mol. The number of fused-ring (bicyclic) bond motifs is 3. The minimum atomic E-state index is -0.664. The van der Waals surface area contributed by atoms with Crippen molar-refractivity contribution in [3.05, 3.63) is 22.7 Å². The smallest absolute Gasteiger partial charge is 0.195 e. The zero-order chi connectivity index (χ0) is 11.8. The Hall–Kier alpha value is 0.0300. The van der Waals surface area contributed by atoms with Gasteiger partial charge in [0.1, 0.15) is 4.32 Å². The summed E-state index contributed by atoms with van der Waals surface area (Å²) in [6.45, 7) is 1.20. The molecule has 0 aromatic carbocycles. The summed E-state index contributed by atoms with van der Waals surface area (Å²) in [6.07, 6.45) is 6.16. The van der Waals surface area contributed by atoms with Crippen molar-refractivity contribution in [2.45, 2.75) is 10.1 Å². The van der Waals surface area contributed by atoms with Crippen molar-refractivity contribution < 1.29 is 14.3 Å². The Morgan fingerprint density at radius 2 is 2.00 bits per heavy atom. The van der Waals surface area contributed by atoms with E-state index >= 15 is 0 Å². The summed E-state index contributed by atoms with van der Waals surface area (Å²) < 4.78 is 12.1. The van der Waals surface area contributed by atoms with Crippen LogP contribution in [-0.2, 0) is 14.3 Å². The summed E-state index contributed by atoms with van der Waals surface area (Å²) in [5.41, 5.74) is 0. The van der Waals surface area contributed by atoms with Gasteiger partial charge >= 0.3 is 0 Å². The SMILES string of the molecule is O=C1C(Br)=C[C@@H]2[C@H]1[C@@H]1C=C[C@@]2(Br)C12OCCO2. The van der Waals surface area contributed by atoms with Crippen LogP contribution in [0.3, 0.4) is 0 Å². The molecule has 1 aliphatic heterocycles. The molecule has 0 radical (unpaired) electrons. The largest absolute Gasteiger partial charge is 0.345 e. The number of allylic oxidation sites excluding steroid dienone is 2. The molecule has 17 heavy (non-hydrogen) atoms. The first kappa shape index (κ1) is 10.9. The molecule has 90 valence electrons. The summed E-state index contributed by atoms with van der Waals surface area (Å²) in [5, 5.41) is 0. The maximum Gasteiger partial charge on any atom is 0.195 e. The molecule has 0 N–H and O–H groups in total. The van der Waals surface area contributed by atoms with Crippen LogP contribution in [0, 0.1) is 17.8 Å². The first-order chi connectivity index (χ1) is 8.10. The van der Waals surface area contributed by atoms with E-state index in [-0.39, 0.29) is 23.5 Å². The minimum absolute atomic E-state index is 0.0215. The second-order valence-electron chi connectivity index (χ2n) is 4.95. The second kappa shape index (κ2) is 3.13. The number of ketones is 1. The molecule has 1 saturated carbocycles. The number of rotatable bonds is 0. The highest BCUT2D eigenvalue weighted by Crippen LogP contribution is 2.67. The van der Waals surface area contributed by atoms with Gasteiger partial charge in [0.25, 0.3) is 0 Å². The highest BCUT2D eigenvalue weighted by Gasteiger charge is 2.75. The number of carbonyl (C=O) groups is 1. The Morgan fingerprint density at radius 1 is 1.29 bits per heavy atom. The normalized spacial score (nSPS) is 49.2. The molecule has 1 heterocycles. The number of Topliss-reactive ketones (excluding diaryl/α,β-unsaturated/α-hetero) is 1. The zero-order valence-electron chi connectivity index (χ0n) is 8.86. The van der Waals surface area contributed by atoms with Crippen LogP contribution in [0.15, 0.2) is 22.7 Å². The van der Waals surface area contributed by atoms with Gasteiger partial charge in [-0.1, -0.05) is 34.2 Å². The van der Waals surface area contributed by atoms with E-state index in [2.05, 4.69) is 44.0 Å². The van der Waals surface area contributed by atoms with Gasteiger partial charge in [-0.25, -0.2) is 0 Å². The third-order valence-corrected chi connectivity index (χ3v) is 6.36. The van der Waals surface area contributed by atoms with Crippen molar-refractivity contribution in [2.75, 3.05) is 13.2 Å². The number of hydrogen-bond acceptors (Lipinski definition) is 3. The summed E-state index contributed by atoms with van der Waals surface area (Å²) in [5.74, 6) is -0.399. The fourth-order valence-electron chi connectivity index (χ4n) is 3.72. The molecule has 3 nitrogen and oxygen atoms in total. The zero-order valence-corrected chi connectivity index (χ0v) is 12.0. The standard InChI is InChI=1S/C12H10Br2O3/c13-8-5-7-9(10(8)15)6-1-2-11(7,14)12(6)16-3-4-17-12/h1-2,5-7,9H,3-4H2/t6-,7+,9+,11-/m0/s1. The van der Waals surface area contributed by atoms with Gasteiger partial charge in [0.05, 0.1) is 17.7 Å². The molecular formula is C12H10Br2O3. The number of halogens is 2. The predicted octanol–water partition coefficient (Wildman–Crippen LogP) is 2.16. The van der Waals surface area contributed by atoms with E-state index in [0.29, 0.717) is 17.7 Å². The fourth-order valence-corrected chi connectivity index (χ4v) is 5.33. The van der Waals surface area contributed by atoms with Crippen LogP contribution < -0.4 is 0 Å². The van der Waals surface area contributed by atoms with Gasteiger partial charge in [0.15, 0.2) is 11.6 Å². The molecule has 3 aliphatic carbocycles. The van der Waals surface area contributed by atoms with Crippen LogP contribution in [0.2, 0.25) is 0 Å². The maximum atomic E-state index is 12.2. The third-order valence-electron chi connectivity index (χ3n) is 4.36. The maximum absolute atomic E-state index is 12.2. The van der Waals surface area contributed by atoms with Gasteiger partial charge in [-0.2, -0.15) is 0 Å². The van der Waals surface area contributed by atoms with Crippen LogP contribution in [0.25, 0.3) is 0 Å². The first-order valence-corrected chi connectivity index (χ1v) is 7.26. The van der Waals surface area contributed by atoms with Crippen molar-refractivity contribution in [1.29, 1.82) is 0 Å². The highest BCUT2D eigenvalue weighted by atomic mass is 79.9. The Morgan fingerprint density at radius 3 is 2.65 bits per heavy atom. The van der Waals surface area contributed by atoms with Gasteiger partial charge in [0, 0.05) is 17.8 Å². The second-order valence-corrected chi connectivity index (χ2v) is 7.11. The van der Waals surface area contributed by atoms with Gasteiger partial charge in [-0.05, 0) is 15.9 Å². The van der Waals surface area contributed by atoms with Crippen LogP contribution in [0.5, 0.6) is 0 Å². The number of carbonyl (C=O) groups excluding carboxylic acids is 1. The first-order valence-electron chi connectivity index (χ1n) is 5.68. The van der Waals surface area contributed by atoms with E-state index < -0.39 is 10.1 Å². The van der Waals surface area contributed by atoms with Crippen molar-refractivity contribution in [1.82, 2.24) is 0 Å². The van der Waals surface area contributed by atoms with E-state index in [1.165, 1.54) is 0 Å². The lowest BCUT2D eigenvalue weighted by atomic mass is 9.85. The number of alkyl halides is 1. The van der Waals surface area contributed by atoms with Crippen molar-refractivity contribution in [2.24, 2.45) is 17.8 Å². The molecule has 0 aromatic rings. The molecule has 0 aromatic heterocycles. The Kier molecular flexibility index (Phi) is 2.01. The van der Waals surface area contributed by atoms with Crippen LogP contribution in [0.1, 0.15) is 0 Å².